The van der Waals surface area contributed by atoms with Gasteiger partial charge < -0.3 is 14.6 Å². The quantitative estimate of drug-likeness (QED) is 0.752. The number of hydrogen-bond donors (Lipinski definition) is 1. The van der Waals surface area contributed by atoms with E-state index in [0.29, 0.717) is 30.9 Å². The summed E-state index contributed by atoms with van der Waals surface area (Å²) in [6.45, 7) is 0.885. The van der Waals surface area contributed by atoms with Crippen molar-refractivity contribution in [3.8, 4) is 5.69 Å². The summed E-state index contributed by atoms with van der Waals surface area (Å²) in [6.07, 6.45) is 6.04. The van der Waals surface area contributed by atoms with Crippen molar-refractivity contribution in [1.82, 2.24) is 14.7 Å². The van der Waals surface area contributed by atoms with Crippen molar-refractivity contribution >= 4 is 17.5 Å². The Labute approximate surface area is 160 Å². The van der Waals surface area contributed by atoms with Crippen LogP contribution in [0.4, 0.5) is 10.1 Å². The highest BCUT2D eigenvalue weighted by molar-refractivity contribution is 5.95. The van der Waals surface area contributed by atoms with Gasteiger partial charge in [-0.1, -0.05) is 0 Å². The number of anilines is 1. The Morgan fingerprint density at radius 1 is 1.25 bits per heavy atom. The Bertz CT molecular complexity index is 970. The summed E-state index contributed by atoms with van der Waals surface area (Å²) in [7, 11) is 0. The molecule has 0 spiro atoms. The molecule has 2 amide bonds. The van der Waals surface area contributed by atoms with Gasteiger partial charge in [-0.25, -0.2) is 9.07 Å². The molecule has 1 aliphatic heterocycles. The molecule has 7 nitrogen and oxygen atoms in total. The third-order valence-electron chi connectivity index (χ3n) is 4.78. The lowest BCUT2D eigenvalue weighted by atomic mass is 9.96. The van der Waals surface area contributed by atoms with Crippen molar-refractivity contribution in [2.24, 2.45) is 5.92 Å². The Balaban J connectivity index is 1.42. The number of carbonyl (C=O) groups excluding carboxylic acids is 2. The third-order valence-corrected chi connectivity index (χ3v) is 4.78. The van der Waals surface area contributed by atoms with Gasteiger partial charge in [-0.15, -0.1) is 0 Å². The van der Waals surface area contributed by atoms with Crippen LogP contribution in [0.2, 0.25) is 0 Å². The minimum Gasteiger partial charge on any atom is -0.459 e. The molecule has 1 atom stereocenters. The van der Waals surface area contributed by atoms with Gasteiger partial charge in [0.1, 0.15) is 5.69 Å². The molecule has 1 saturated heterocycles. The van der Waals surface area contributed by atoms with Crippen LogP contribution in [0.3, 0.4) is 0 Å². The van der Waals surface area contributed by atoms with Gasteiger partial charge in [0.2, 0.25) is 5.91 Å². The van der Waals surface area contributed by atoms with Gasteiger partial charge in [0, 0.05) is 31.2 Å². The molecule has 1 aromatic carbocycles. The first kappa shape index (κ1) is 18.0. The SMILES string of the molecule is O=C(Nc1ccc(-n2cccn2)c(F)c1)C1CCCN(C(=O)c2ccco2)C1. The summed E-state index contributed by atoms with van der Waals surface area (Å²) >= 11 is 0. The number of hydrogen-bond acceptors (Lipinski definition) is 4. The summed E-state index contributed by atoms with van der Waals surface area (Å²) in [4.78, 5) is 26.7. The lowest BCUT2D eigenvalue weighted by molar-refractivity contribution is -0.121. The summed E-state index contributed by atoms with van der Waals surface area (Å²) in [5.74, 6) is -1.04. The van der Waals surface area contributed by atoms with Crippen molar-refractivity contribution in [1.29, 1.82) is 0 Å². The Morgan fingerprint density at radius 2 is 2.14 bits per heavy atom. The molecule has 0 saturated carbocycles. The highest BCUT2D eigenvalue weighted by Crippen LogP contribution is 2.22. The number of halogens is 1. The topological polar surface area (TPSA) is 80.4 Å². The molecule has 1 N–H and O–H groups in total. The van der Waals surface area contributed by atoms with E-state index in [1.54, 1.807) is 47.6 Å². The van der Waals surface area contributed by atoms with E-state index in [2.05, 4.69) is 10.4 Å². The first-order valence-electron chi connectivity index (χ1n) is 9.05. The fourth-order valence-corrected chi connectivity index (χ4v) is 3.36. The third kappa shape index (κ3) is 3.66. The predicted molar refractivity (Wildman–Crippen MR) is 99.5 cm³/mol. The number of aromatic nitrogens is 2. The van der Waals surface area contributed by atoms with Crippen molar-refractivity contribution in [3.63, 3.8) is 0 Å². The van der Waals surface area contributed by atoms with Gasteiger partial charge in [-0.2, -0.15) is 5.10 Å². The molecular formula is C20H19FN4O3. The Kier molecular flexibility index (Phi) is 4.92. The van der Waals surface area contributed by atoms with Crippen LogP contribution < -0.4 is 5.32 Å². The molecule has 144 valence electrons. The van der Waals surface area contributed by atoms with E-state index in [1.807, 2.05) is 0 Å². The fourth-order valence-electron chi connectivity index (χ4n) is 3.36. The molecule has 0 aliphatic carbocycles. The number of nitrogens with zero attached hydrogens (tertiary/aromatic N) is 3. The maximum Gasteiger partial charge on any atom is 0.289 e. The largest absolute Gasteiger partial charge is 0.459 e. The molecular weight excluding hydrogens is 363 g/mol. The number of nitrogens with one attached hydrogen (secondary N) is 1. The van der Waals surface area contributed by atoms with Crippen LogP contribution in [0.1, 0.15) is 23.4 Å². The van der Waals surface area contributed by atoms with Crippen LogP contribution in [0.15, 0.2) is 59.5 Å². The van der Waals surface area contributed by atoms with Crippen LogP contribution in [0.5, 0.6) is 0 Å². The first-order valence-corrected chi connectivity index (χ1v) is 9.05. The van der Waals surface area contributed by atoms with Crippen LogP contribution in [0.25, 0.3) is 5.69 Å². The zero-order chi connectivity index (χ0) is 19.5. The number of carbonyl (C=O) groups is 2. The van der Waals surface area contributed by atoms with Crippen LogP contribution in [-0.4, -0.2) is 39.6 Å². The summed E-state index contributed by atoms with van der Waals surface area (Å²) in [5, 5.41) is 6.75. The van der Waals surface area contributed by atoms with Gasteiger partial charge in [0.15, 0.2) is 11.6 Å². The number of amides is 2. The second-order valence-electron chi connectivity index (χ2n) is 6.67. The second-order valence-corrected chi connectivity index (χ2v) is 6.67. The van der Waals surface area contributed by atoms with Gasteiger partial charge in [0.25, 0.3) is 5.91 Å². The van der Waals surface area contributed by atoms with Crippen LogP contribution in [-0.2, 0) is 4.79 Å². The molecule has 4 rings (SSSR count). The van der Waals surface area contributed by atoms with E-state index < -0.39 is 5.82 Å². The smallest absolute Gasteiger partial charge is 0.289 e. The molecule has 1 fully saturated rings. The average Bonchev–Trinajstić information content (AvgIpc) is 3.42. The van der Waals surface area contributed by atoms with E-state index in [4.69, 9.17) is 4.42 Å². The van der Waals surface area contributed by atoms with Gasteiger partial charge in [-0.05, 0) is 49.2 Å². The number of rotatable bonds is 4. The normalized spacial score (nSPS) is 16.8. The molecule has 2 aromatic heterocycles. The van der Waals surface area contributed by atoms with Gasteiger partial charge in [0.05, 0.1) is 12.2 Å². The molecule has 1 aliphatic rings. The van der Waals surface area contributed by atoms with E-state index >= 15 is 0 Å². The van der Waals surface area contributed by atoms with Crippen molar-refractivity contribution in [3.05, 3.63) is 66.6 Å². The van der Waals surface area contributed by atoms with E-state index in [1.165, 1.54) is 17.0 Å². The number of piperidine rings is 1. The van der Waals surface area contributed by atoms with E-state index in [-0.39, 0.29) is 23.5 Å². The van der Waals surface area contributed by atoms with E-state index in [9.17, 15) is 14.0 Å². The summed E-state index contributed by atoms with van der Waals surface area (Å²) in [6, 6.07) is 9.43. The minimum absolute atomic E-state index is 0.225. The summed E-state index contributed by atoms with van der Waals surface area (Å²) in [5.41, 5.74) is 0.670. The lowest BCUT2D eigenvalue weighted by Crippen LogP contribution is -2.43. The van der Waals surface area contributed by atoms with Crippen molar-refractivity contribution in [2.75, 3.05) is 18.4 Å². The zero-order valence-electron chi connectivity index (χ0n) is 15.0. The standard InChI is InChI=1S/C20H19FN4O3/c21-16-12-15(6-7-17(16)25-10-3-8-22-25)23-19(26)14-4-1-9-24(13-14)20(27)18-5-2-11-28-18/h2-3,5-8,10-12,14H,1,4,9,13H2,(H,23,26). The predicted octanol–water partition coefficient (Wildman–Crippen LogP) is 3.10. The van der Waals surface area contributed by atoms with Crippen molar-refractivity contribution in [2.45, 2.75) is 12.8 Å². The number of furan rings is 1. The molecule has 3 heterocycles. The monoisotopic (exact) mass is 382 g/mol. The van der Waals surface area contributed by atoms with Gasteiger partial charge in [-0.3, -0.25) is 9.59 Å². The first-order chi connectivity index (χ1) is 13.6. The molecule has 1 unspecified atom stereocenters. The second kappa shape index (κ2) is 7.67. The average molecular weight is 382 g/mol. The van der Waals surface area contributed by atoms with Crippen LogP contribution >= 0.6 is 0 Å². The zero-order valence-corrected chi connectivity index (χ0v) is 15.0. The maximum absolute atomic E-state index is 14.4. The fraction of sp³-hybridized carbons (Fsp3) is 0.250. The number of benzene rings is 1. The maximum atomic E-state index is 14.4. The highest BCUT2D eigenvalue weighted by Gasteiger charge is 2.30. The Morgan fingerprint density at radius 3 is 2.86 bits per heavy atom. The molecule has 8 heteroatoms. The lowest BCUT2D eigenvalue weighted by Gasteiger charge is -2.31. The van der Waals surface area contributed by atoms with Crippen LogP contribution in [0, 0.1) is 11.7 Å². The van der Waals surface area contributed by atoms with E-state index in [0.717, 1.165) is 6.42 Å². The molecule has 3 aromatic rings. The molecule has 0 bridgehead atoms. The van der Waals surface area contributed by atoms with Gasteiger partial charge >= 0.3 is 0 Å². The molecule has 28 heavy (non-hydrogen) atoms. The highest BCUT2D eigenvalue weighted by atomic mass is 19.1. The number of likely N-dealkylation sites (tertiary alicyclic amines) is 1. The minimum atomic E-state index is -0.486. The summed E-state index contributed by atoms with van der Waals surface area (Å²) < 4.78 is 20.9. The molecule has 0 radical (unpaired) electrons. The van der Waals surface area contributed by atoms with Crippen molar-refractivity contribution < 1.29 is 18.4 Å². The Hall–Kier alpha value is -3.42.